The van der Waals surface area contributed by atoms with E-state index < -0.39 is 9.84 Å². The first-order valence-electron chi connectivity index (χ1n) is 8.65. The molecule has 8 heteroatoms. The fourth-order valence-electron chi connectivity index (χ4n) is 3.17. The van der Waals surface area contributed by atoms with Crippen molar-refractivity contribution >= 4 is 32.9 Å². The molecule has 3 heterocycles. The number of aromatic nitrogens is 1. The third kappa shape index (κ3) is 4.62. The maximum atomic E-state index is 12.4. The second-order valence-corrected chi connectivity index (χ2v) is 9.50. The molecule has 0 bridgehead atoms. The highest BCUT2D eigenvalue weighted by atomic mass is 32.2. The number of amides is 1. The fourth-order valence-corrected chi connectivity index (χ4v) is 4.72. The second-order valence-electron chi connectivity index (χ2n) is 6.48. The molecule has 0 saturated carbocycles. The maximum absolute atomic E-state index is 12.4. The number of nitrogens with zero attached hydrogens (tertiary/aromatic N) is 2. The molecule has 1 aliphatic heterocycles. The molecule has 2 aromatic heterocycles. The van der Waals surface area contributed by atoms with E-state index in [-0.39, 0.29) is 16.7 Å². The summed E-state index contributed by atoms with van der Waals surface area (Å²) in [5.74, 6) is 0.553. The van der Waals surface area contributed by atoms with E-state index in [0.29, 0.717) is 38.3 Å². The van der Waals surface area contributed by atoms with Crippen molar-refractivity contribution in [2.45, 2.75) is 24.2 Å². The number of hydrogen-bond donors (Lipinski definition) is 1. The largest absolute Gasteiger partial charge is 0.355 e. The molecule has 0 radical (unpaired) electrons. The summed E-state index contributed by atoms with van der Waals surface area (Å²) >= 11 is 1.70. The molecule has 0 aliphatic carbocycles. The molecule has 6 nitrogen and oxygen atoms in total. The molecular weight excluding hydrogens is 370 g/mol. The summed E-state index contributed by atoms with van der Waals surface area (Å²) in [7, 11) is -3.33. The van der Waals surface area contributed by atoms with Crippen LogP contribution < -0.4 is 10.2 Å². The lowest BCUT2D eigenvalue weighted by Crippen LogP contribution is -2.41. The van der Waals surface area contributed by atoms with Crippen LogP contribution in [0.2, 0.25) is 0 Å². The van der Waals surface area contributed by atoms with Gasteiger partial charge in [-0.05, 0) is 42.8 Å². The van der Waals surface area contributed by atoms with Gasteiger partial charge in [-0.2, -0.15) is 0 Å². The Balaban J connectivity index is 1.54. The first-order chi connectivity index (χ1) is 12.4. The molecule has 26 heavy (non-hydrogen) atoms. The Hall–Kier alpha value is -1.93. The van der Waals surface area contributed by atoms with Gasteiger partial charge in [0, 0.05) is 42.9 Å². The molecule has 2 aromatic rings. The molecule has 0 atom stereocenters. The summed E-state index contributed by atoms with van der Waals surface area (Å²) in [6, 6.07) is 7.30. The van der Waals surface area contributed by atoms with Crippen molar-refractivity contribution < 1.29 is 13.2 Å². The lowest BCUT2D eigenvalue weighted by Gasteiger charge is -2.33. The number of thiophene rings is 1. The normalized spacial score (nSPS) is 15.8. The average molecular weight is 394 g/mol. The van der Waals surface area contributed by atoms with E-state index in [9.17, 15) is 13.2 Å². The molecule has 1 aliphatic rings. The van der Waals surface area contributed by atoms with Gasteiger partial charge in [-0.3, -0.25) is 4.79 Å². The third-order valence-corrected chi connectivity index (χ3v) is 6.62. The Morgan fingerprint density at radius 3 is 2.73 bits per heavy atom. The van der Waals surface area contributed by atoms with Gasteiger partial charge in [-0.1, -0.05) is 6.07 Å². The van der Waals surface area contributed by atoms with Crippen LogP contribution in [0.25, 0.3) is 0 Å². The number of piperidine rings is 1. The van der Waals surface area contributed by atoms with Crippen molar-refractivity contribution in [1.82, 2.24) is 10.3 Å². The number of anilines is 1. The predicted molar refractivity (Wildman–Crippen MR) is 103 cm³/mol. The van der Waals surface area contributed by atoms with Crippen molar-refractivity contribution in [3.8, 4) is 0 Å². The average Bonchev–Trinajstić information content (AvgIpc) is 3.14. The highest BCUT2D eigenvalue weighted by Gasteiger charge is 2.27. The lowest BCUT2D eigenvalue weighted by molar-refractivity contribution is -0.125. The van der Waals surface area contributed by atoms with E-state index in [4.69, 9.17) is 0 Å². The molecule has 1 N–H and O–H groups in total. The van der Waals surface area contributed by atoms with Gasteiger partial charge in [-0.25, -0.2) is 13.4 Å². The van der Waals surface area contributed by atoms with E-state index >= 15 is 0 Å². The zero-order chi connectivity index (χ0) is 18.6. The summed E-state index contributed by atoms with van der Waals surface area (Å²) in [5.41, 5.74) is 0. The Bertz CT molecular complexity index is 842. The van der Waals surface area contributed by atoms with E-state index in [2.05, 4.69) is 16.4 Å². The third-order valence-electron chi connectivity index (χ3n) is 4.57. The highest BCUT2D eigenvalue weighted by molar-refractivity contribution is 7.90. The van der Waals surface area contributed by atoms with Crippen LogP contribution in [-0.2, 0) is 21.1 Å². The molecule has 1 amide bonds. The molecule has 0 unspecified atom stereocenters. The maximum Gasteiger partial charge on any atom is 0.223 e. The van der Waals surface area contributed by atoms with E-state index in [0.717, 1.165) is 6.42 Å². The second kappa shape index (κ2) is 8.18. The Morgan fingerprint density at radius 1 is 1.31 bits per heavy atom. The number of pyridine rings is 1. The topological polar surface area (TPSA) is 79.4 Å². The summed E-state index contributed by atoms with van der Waals surface area (Å²) in [4.78, 5) is 20.1. The standard InChI is InChI=1S/C18H23N3O3S2/c1-26(23,24)16-5-2-9-19-17(16)21-11-7-14(8-12-21)18(22)20-10-6-15-4-3-13-25-15/h2-5,9,13-14H,6-8,10-12H2,1H3,(H,20,22). The van der Waals surface area contributed by atoms with Gasteiger partial charge >= 0.3 is 0 Å². The molecule has 140 valence electrons. The molecule has 1 saturated heterocycles. The highest BCUT2D eigenvalue weighted by Crippen LogP contribution is 2.27. The van der Waals surface area contributed by atoms with Crippen LogP contribution in [0, 0.1) is 5.92 Å². The number of sulfone groups is 1. The van der Waals surface area contributed by atoms with E-state index in [1.807, 2.05) is 16.3 Å². The molecule has 1 fully saturated rings. The smallest absolute Gasteiger partial charge is 0.223 e. The van der Waals surface area contributed by atoms with E-state index in [1.165, 1.54) is 11.1 Å². The summed E-state index contributed by atoms with van der Waals surface area (Å²) in [6.07, 6.45) is 5.05. The van der Waals surface area contributed by atoms with Crippen LogP contribution in [0.1, 0.15) is 17.7 Å². The minimum Gasteiger partial charge on any atom is -0.355 e. The van der Waals surface area contributed by atoms with Crippen molar-refractivity contribution in [2.75, 3.05) is 30.8 Å². The number of carbonyl (C=O) groups is 1. The number of hydrogen-bond acceptors (Lipinski definition) is 6. The zero-order valence-corrected chi connectivity index (χ0v) is 16.4. The Labute approximate surface area is 158 Å². The zero-order valence-electron chi connectivity index (χ0n) is 14.7. The van der Waals surface area contributed by atoms with Crippen LogP contribution >= 0.6 is 11.3 Å². The van der Waals surface area contributed by atoms with Crippen LogP contribution in [-0.4, -0.2) is 45.2 Å². The first-order valence-corrected chi connectivity index (χ1v) is 11.4. The molecular formula is C18H23N3O3S2. The van der Waals surface area contributed by atoms with Gasteiger partial charge in [0.05, 0.1) is 0 Å². The van der Waals surface area contributed by atoms with Crippen molar-refractivity contribution in [3.63, 3.8) is 0 Å². The van der Waals surface area contributed by atoms with Crippen LogP contribution in [0.4, 0.5) is 5.82 Å². The monoisotopic (exact) mass is 393 g/mol. The van der Waals surface area contributed by atoms with Gasteiger partial charge in [0.25, 0.3) is 0 Å². The van der Waals surface area contributed by atoms with Crippen LogP contribution in [0.3, 0.4) is 0 Å². The summed E-state index contributed by atoms with van der Waals surface area (Å²) < 4.78 is 23.9. The Kier molecular flexibility index (Phi) is 5.93. The minimum atomic E-state index is -3.33. The SMILES string of the molecule is CS(=O)(=O)c1cccnc1N1CCC(C(=O)NCCc2cccs2)CC1. The van der Waals surface area contributed by atoms with Crippen LogP contribution in [0.5, 0.6) is 0 Å². The van der Waals surface area contributed by atoms with Crippen LogP contribution in [0.15, 0.2) is 40.7 Å². The Morgan fingerprint density at radius 2 is 2.08 bits per heavy atom. The summed E-state index contributed by atoms with van der Waals surface area (Å²) in [5, 5.41) is 5.06. The number of carbonyl (C=O) groups excluding carboxylic acids is 1. The van der Waals surface area contributed by atoms with Crippen molar-refractivity contribution in [3.05, 3.63) is 40.7 Å². The first kappa shape index (κ1) is 18.8. The van der Waals surface area contributed by atoms with Gasteiger partial charge < -0.3 is 10.2 Å². The number of nitrogens with one attached hydrogen (secondary N) is 1. The molecule has 0 aromatic carbocycles. The minimum absolute atomic E-state index is 0.0278. The predicted octanol–water partition coefficient (Wildman–Crippen LogP) is 2.12. The van der Waals surface area contributed by atoms with Gasteiger partial charge in [0.15, 0.2) is 9.84 Å². The molecule has 3 rings (SSSR count). The van der Waals surface area contributed by atoms with E-state index in [1.54, 1.807) is 29.7 Å². The van der Waals surface area contributed by atoms with Gasteiger partial charge in [-0.15, -0.1) is 11.3 Å². The lowest BCUT2D eigenvalue weighted by atomic mass is 9.96. The molecule has 0 spiro atoms. The van der Waals surface area contributed by atoms with Gasteiger partial charge in [0.2, 0.25) is 5.91 Å². The number of rotatable bonds is 6. The quantitative estimate of drug-likeness (QED) is 0.813. The van der Waals surface area contributed by atoms with Crippen molar-refractivity contribution in [1.29, 1.82) is 0 Å². The van der Waals surface area contributed by atoms with Crippen molar-refractivity contribution in [2.24, 2.45) is 5.92 Å². The summed E-state index contributed by atoms with van der Waals surface area (Å²) in [6.45, 7) is 1.91. The fraction of sp³-hybridized carbons (Fsp3) is 0.444. The van der Waals surface area contributed by atoms with Gasteiger partial charge in [0.1, 0.15) is 10.7 Å².